The van der Waals surface area contributed by atoms with Crippen LogP contribution in [0.25, 0.3) is 0 Å². The summed E-state index contributed by atoms with van der Waals surface area (Å²) in [4.78, 5) is 0. The monoisotopic (exact) mass is 280 g/mol. The van der Waals surface area contributed by atoms with Crippen molar-refractivity contribution in [3.8, 4) is 11.8 Å². The Morgan fingerprint density at radius 3 is 3.05 bits per heavy atom. The van der Waals surface area contributed by atoms with Crippen molar-refractivity contribution >= 4 is 24.2 Å². The first-order valence-corrected chi connectivity index (χ1v) is 6.18. The predicted molar refractivity (Wildman–Crippen MR) is 72.3 cm³/mol. The molecule has 5 nitrogen and oxygen atoms in total. The van der Waals surface area contributed by atoms with Crippen LogP contribution < -0.4 is 15.9 Å². The van der Waals surface area contributed by atoms with Gasteiger partial charge in [0.25, 0.3) is 0 Å². The number of halogens is 1. The summed E-state index contributed by atoms with van der Waals surface area (Å²) in [6.07, 6.45) is 0. The topological polar surface area (TPSA) is 88.5 Å². The van der Waals surface area contributed by atoms with Gasteiger partial charge in [0, 0.05) is 5.46 Å². The molecule has 100 valence electrons. The molecule has 0 spiro atoms. The highest BCUT2D eigenvalue weighted by Crippen LogP contribution is 2.30. The van der Waals surface area contributed by atoms with Crippen molar-refractivity contribution in [2.75, 3.05) is 6.61 Å². The minimum atomic E-state index is -1.09. The second kappa shape index (κ2) is 5.02. The van der Waals surface area contributed by atoms with Crippen LogP contribution in [0.1, 0.15) is 18.1 Å². The maximum atomic E-state index is 9.75. The number of ether oxygens (including phenoxy) is 1. The molecule has 1 aliphatic heterocycles. The quantitative estimate of drug-likeness (QED) is 0.787. The van der Waals surface area contributed by atoms with E-state index >= 15 is 0 Å². The summed E-state index contributed by atoms with van der Waals surface area (Å²) in [6, 6.07) is 3.70. The number of benzene rings is 1. The average Bonchev–Trinajstić information content (AvgIpc) is 2.75. The molecule has 2 rings (SSSR count). The van der Waals surface area contributed by atoms with Gasteiger partial charge in [-0.25, -0.2) is 0 Å². The Kier molecular flexibility index (Phi) is 3.74. The van der Waals surface area contributed by atoms with Crippen LogP contribution in [0, 0.1) is 18.3 Å². The van der Waals surface area contributed by atoms with E-state index in [9.17, 15) is 5.02 Å². The Morgan fingerprint density at radius 1 is 1.74 bits per heavy atom. The van der Waals surface area contributed by atoms with Gasteiger partial charge >= 0.3 is 7.12 Å². The summed E-state index contributed by atoms with van der Waals surface area (Å²) >= 11 is 6.20. The Hall–Kier alpha value is -1.26. The van der Waals surface area contributed by atoms with Gasteiger partial charge in [-0.15, -0.1) is 0 Å². The molecule has 0 amide bonds. The number of nitriles is 1. The molecule has 0 unspecified atom stereocenters. The number of fused-ring (bicyclic) bond motifs is 1. The van der Waals surface area contributed by atoms with Crippen LogP contribution in [0.2, 0.25) is 5.02 Å². The van der Waals surface area contributed by atoms with E-state index in [1.54, 1.807) is 13.0 Å². The summed E-state index contributed by atoms with van der Waals surface area (Å²) in [7, 11) is -1.04. The molecule has 1 heterocycles. The third kappa shape index (κ3) is 2.70. The minimum Gasteiger partial charge on any atom is -0.489 e. The first kappa shape index (κ1) is 14.2. The molecule has 0 saturated carbocycles. The lowest BCUT2D eigenvalue weighted by atomic mass is 9.78. The SMILES string of the molecule is Cc1cc(OC[C@@](C)(N)C#N)c(Cl)c2c1COB2O. The zero-order chi connectivity index (χ0) is 14.2. The Bertz CT molecular complexity index is 557. The Balaban J connectivity index is 2.31. The molecule has 0 radical (unpaired) electrons. The van der Waals surface area contributed by atoms with Gasteiger partial charge in [-0.3, -0.25) is 0 Å². The van der Waals surface area contributed by atoms with Crippen molar-refractivity contribution in [2.24, 2.45) is 5.73 Å². The third-order valence-corrected chi connectivity index (χ3v) is 3.41. The van der Waals surface area contributed by atoms with Gasteiger partial charge in [0.1, 0.15) is 17.9 Å². The van der Waals surface area contributed by atoms with Crippen LogP contribution in [0.4, 0.5) is 0 Å². The first-order chi connectivity index (χ1) is 8.85. The summed E-state index contributed by atoms with van der Waals surface area (Å²) in [5.41, 5.74) is 6.93. The number of aryl methyl sites for hydroxylation is 1. The van der Waals surface area contributed by atoms with Crippen LogP contribution in [-0.2, 0) is 11.3 Å². The van der Waals surface area contributed by atoms with Crippen molar-refractivity contribution in [1.29, 1.82) is 5.26 Å². The molecular weight excluding hydrogens is 266 g/mol. The average molecular weight is 281 g/mol. The van der Waals surface area contributed by atoms with Gasteiger partial charge in [-0.05, 0) is 31.0 Å². The molecule has 1 aromatic carbocycles. The Labute approximate surface area is 117 Å². The van der Waals surface area contributed by atoms with Gasteiger partial charge in [0.15, 0.2) is 0 Å². The first-order valence-electron chi connectivity index (χ1n) is 5.80. The molecule has 0 bridgehead atoms. The molecule has 0 saturated heterocycles. The molecule has 1 aliphatic rings. The summed E-state index contributed by atoms with van der Waals surface area (Å²) in [5, 5.41) is 18.9. The molecular formula is C12H14BClN2O3. The summed E-state index contributed by atoms with van der Waals surface area (Å²) in [6.45, 7) is 3.79. The maximum absolute atomic E-state index is 9.75. The molecule has 3 N–H and O–H groups in total. The molecule has 0 aromatic heterocycles. The Morgan fingerprint density at radius 2 is 2.42 bits per heavy atom. The second-order valence-corrected chi connectivity index (χ2v) is 5.26. The number of nitrogens with zero attached hydrogens (tertiary/aromatic N) is 1. The zero-order valence-electron chi connectivity index (χ0n) is 10.7. The van der Waals surface area contributed by atoms with E-state index in [1.165, 1.54) is 0 Å². The van der Waals surface area contributed by atoms with E-state index < -0.39 is 12.7 Å². The molecule has 0 aliphatic carbocycles. The van der Waals surface area contributed by atoms with Crippen molar-refractivity contribution in [3.05, 3.63) is 22.2 Å². The smallest absolute Gasteiger partial charge is 0.489 e. The van der Waals surface area contributed by atoms with Crippen molar-refractivity contribution < 1.29 is 14.4 Å². The van der Waals surface area contributed by atoms with E-state index in [0.717, 1.165) is 11.1 Å². The van der Waals surface area contributed by atoms with Crippen LogP contribution in [0.5, 0.6) is 5.75 Å². The van der Waals surface area contributed by atoms with E-state index in [4.69, 9.17) is 32.0 Å². The lowest BCUT2D eigenvalue weighted by Crippen LogP contribution is -2.41. The zero-order valence-corrected chi connectivity index (χ0v) is 11.5. The van der Waals surface area contributed by atoms with Crippen molar-refractivity contribution in [2.45, 2.75) is 26.0 Å². The van der Waals surface area contributed by atoms with Gasteiger partial charge in [0.2, 0.25) is 0 Å². The van der Waals surface area contributed by atoms with Crippen molar-refractivity contribution in [1.82, 2.24) is 0 Å². The standard InChI is InChI=1S/C12H14BClN2O3/c1-7-3-9(18-6-12(2,16)5-15)11(14)10-8(7)4-19-13(10)17/h3,17H,4,6,16H2,1-2H3/t12-/m0/s1. The second-order valence-electron chi connectivity index (χ2n) is 4.88. The lowest BCUT2D eigenvalue weighted by Gasteiger charge is -2.18. The number of hydrogen-bond donors (Lipinski definition) is 2. The maximum Gasteiger partial charge on any atom is 0.493 e. The van der Waals surface area contributed by atoms with Crippen LogP contribution >= 0.6 is 11.6 Å². The fourth-order valence-corrected chi connectivity index (χ4v) is 2.20. The number of rotatable bonds is 3. The molecule has 1 aromatic rings. The highest BCUT2D eigenvalue weighted by Gasteiger charge is 2.33. The van der Waals surface area contributed by atoms with Crippen LogP contribution in [0.15, 0.2) is 6.07 Å². The summed E-state index contributed by atoms with van der Waals surface area (Å²) < 4.78 is 10.6. The van der Waals surface area contributed by atoms with E-state index in [0.29, 0.717) is 22.8 Å². The lowest BCUT2D eigenvalue weighted by molar-refractivity contribution is 0.265. The minimum absolute atomic E-state index is 0.0123. The largest absolute Gasteiger partial charge is 0.493 e. The van der Waals surface area contributed by atoms with Crippen LogP contribution in [-0.4, -0.2) is 24.3 Å². The highest BCUT2D eigenvalue weighted by atomic mass is 35.5. The van der Waals surface area contributed by atoms with Gasteiger partial charge in [0.05, 0.1) is 17.7 Å². The number of nitrogens with two attached hydrogens (primary N) is 1. The molecule has 19 heavy (non-hydrogen) atoms. The van der Waals surface area contributed by atoms with Gasteiger partial charge in [-0.2, -0.15) is 5.26 Å². The fraction of sp³-hybridized carbons (Fsp3) is 0.417. The van der Waals surface area contributed by atoms with E-state index in [1.807, 2.05) is 13.0 Å². The molecule has 0 fully saturated rings. The third-order valence-electron chi connectivity index (χ3n) is 3.02. The predicted octanol–water partition coefficient (Wildman–Crippen LogP) is 0.486. The summed E-state index contributed by atoms with van der Waals surface area (Å²) in [5.74, 6) is 0.398. The van der Waals surface area contributed by atoms with Crippen LogP contribution in [0.3, 0.4) is 0 Å². The van der Waals surface area contributed by atoms with Gasteiger partial charge in [-0.1, -0.05) is 11.6 Å². The molecule has 7 heteroatoms. The van der Waals surface area contributed by atoms with Crippen molar-refractivity contribution in [3.63, 3.8) is 0 Å². The normalized spacial score (nSPS) is 16.7. The van der Waals surface area contributed by atoms with Gasteiger partial charge < -0.3 is 20.1 Å². The fourth-order valence-electron chi connectivity index (χ4n) is 1.88. The van der Waals surface area contributed by atoms with E-state index in [-0.39, 0.29) is 6.61 Å². The molecule has 1 atom stereocenters. The highest BCUT2D eigenvalue weighted by molar-refractivity contribution is 6.65. The van der Waals surface area contributed by atoms with E-state index in [2.05, 4.69) is 0 Å². The number of hydrogen-bond acceptors (Lipinski definition) is 5.